The lowest BCUT2D eigenvalue weighted by Gasteiger charge is -2.02. The van der Waals surface area contributed by atoms with Crippen LogP contribution in [0.25, 0.3) is 6.08 Å². The number of nitrogens with two attached hydrogens (primary N) is 1. The molecular weight excluding hydrogens is 178 g/mol. The Bertz CT molecular complexity index is 370. The zero-order valence-electron chi connectivity index (χ0n) is 8.28. The van der Waals surface area contributed by atoms with Gasteiger partial charge in [-0.2, -0.15) is 0 Å². The number of benzene rings is 1. The van der Waals surface area contributed by atoms with Gasteiger partial charge in [0.15, 0.2) is 0 Å². The molecule has 0 fully saturated rings. The van der Waals surface area contributed by atoms with Crippen molar-refractivity contribution in [1.82, 2.24) is 0 Å². The van der Waals surface area contributed by atoms with Crippen molar-refractivity contribution in [3.63, 3.8) is 0 Å². The molecule has 1 aromatic carbocycles. The molecule has 0 aromatic heterocycles. The molecule has 0 aliphatic carbocycles. The molecule has 3 nitrogen and oxygen atoms in total. The number of anilines is 1. The normalized spacial score (nSPS) is 10.4. The van der Waals surface area contributed by atoms with E-state index in [0.717, 1.165) is 16.8 Å². The third-order valence-electron chi connectivity index (χ3n) is 2.02. The van der Waals surface area contributed by atoms with Gasteiger partial charge in [0.2, 0.25) is 0 Å². The quantitative estimate of drug-likeness (QED) is 0.440. The van der Waals surface area contributed by atoms with Crippen LogP contribution in [-0.2, 0) is 9.53 Å². The smallest absolute Gasteiger partial charge is 0.330 e. The Balaban J connectivity index is 2.92. The molecule has 0 bridgehead atoms. The van der Waals surface area contributed by atoms with Gasteiger partial charge >= 0.3 is 5.97 Å². The molecule has 0 amide bonds. The van der Waals surface area contributed by atoms with Crippen molar-refractivity contribution in [3.05, 3.63) is 35.4 Å². The fourth-order valence-corrected chi connectivity index (χ4v) is 1.08. The summed E-state index contributed by atoms with van der Waals surface area (Å²) in [6, 6.07) is 5.56. The minimum atomic E-state index is -0.369. The Morgan fingerprint density at radius 2 is 2.21 bits per heavy atom. The van der Waals surface area contributed by atoms with Gasteiger partial charge in [0.25, 0.3) is 0 Å². The van der Waals surface area contributed by atoms with E-state index < -0.39 is 0 Å². The lowest BCUT2D eigenvalue weighted by molar-refractivity contribution is -0.134. The van der Waals surface area contributed by atoms with Crippen molar-refractivity contribution >= 4 is 17.7 Å². The van der Waals surface area contributed by atoms with Crippen molar-refractivity contribution in [2.45, 2.75) is 6.92 Å². The molecule has 0 saturated heterocycles. The molecule has 0 heterocycles. The Morgan fingerprint density at radius 3 is 2.86 bits per heavy atom. The van der Waals surface area contributed by atoms with Crippen LogP contribution in [0, 0.1) is 6.92 Å². The van der Waals surface area contributed by atoms with Gasteiger partial charge in [0.1, 0.15) is 0 Å². The maximum atomic E-state index is 10.8. The van der Waals surface area contributed by atoms with Crippen molar-refractivity contribution in [1.29, 1.82) is 0 Å². The van der Waals surface area contributed by atoms with Gasteiger partial charge in [-0.05, 0) is 30.2 Å². The lowest BCUT2D eigenvalue weighted by Crippen LogP contribution is -1.95. The van der Waals surface area contributed by atoms with Crippen molar-refractivity contribution in [3.8, 4) is 0 Å². The topological polar surface area (TPSA) is 52.3 Å². The number of ether oxygens (including phenoxy) is 1. The van der Waals surface area contributed by atoms with Crippen LogP contribution in [0.5, 0.6) is 0 Å². The van der Waals surface area contributed by atoms with Crippen molar-refractivity contribution in [2.75, 3.05) is 12.8 Å². The van der Waals surface area contributed by atoms with Crippen LogP contribution in [0.4, 0.5) is 5.69 Å². The first-order chi connectivity index (χ1) is 6.65. The van der Waals surface area contributed by atoms with Crippen LogP contribution in [0.15, 0.2) is 24.3 Å². The van der Waals surface area contributed by atoms with Crippen LogP contribution < -0.4 is 5.73 Å². The molecule has 14 heavy (non-hydrogen) atoms. The summed E-state index contributed by atoms with van der Waals surface area (Å²) in [5, 5.41) is 0. The second-order valence-corrected chi connectivity index (χ2v) is 2.92. The average Bonchev–Trinajstić information content (AvgIpc) is 2.20. The number of carbonyl (C=O) groups excluding carboxylic acids is 1. The summed E-state index contributed by atoms with van der Waals surface area (Å²) < 4.78 is 4.49. The van der Waals surface area contributed by atoms with Gasteiger partial charge in [-0.3, -0.25) is 0 Å². The van der Waals surface area contributed by atoms with Gasteiger partial charge in [-0.1, -0.05) is 12.1 Å². The number of hydrogen-bond donors (Lipinski definition) is 1. The maximum absolute atomic E-state index is 10.8. The number of methoxy groups -OCH3 is 1. The van der Waals surface area contributed by atoms with Crippen LogP contribution in [0.1, 0.15) is 11.1 Å². The molecular formula is C11H13NO2. The van der Waals surface area contributed by atoms with Gasteiger partial charge in [-0.15, -0.1) is 0 Å². The highest BCUT2D eigenvalue weighted by Gasteiger charge is 1.98. The Hall–Kier alpha value is -1.77. The van der Waals surface area contributed by atoms with E-state index in [4.69, 9.17) is 5.73 Å². The van der Waals surface area contributed by atoms with Gasteiger partial charge in [0.05, 0.1) is 7.11 Å². The molecule has 0 atom stereocenters. The first-order valence-electron chi connectivity index (χ1n) is 4.26. The molecule has 0 aliphatic rings. The van der Waals surface area contributed by atoms with Crippen molar-refractivity contribution in [2.24, 2.45) is 0 Å². The molecule has 0 aliphatic heterocycles. The lowest BCUT2D eigenvalue weighted by atomic mass is 10.1. The summed E-state index contributed by atoms with van der Waals surface area (Å²) in [7, 11) is 1.35. The minimum absolute atomic E-state index is 0.369. The maximum Gasteiger partial charge on any atom is 0.330 e. The summed E-state index contributed by atoms with van der Waals surface area (Å²) in [5.74, 6) is -0.369. The minimum Gasteiger partial charge on any atom is -0.466 e. The molecule has 0 saturated carbocycles. The fraction of sp³-hybridized carbons (Fsp3) is 0.182. The van der Waals surface area contributed by atoms with Gasteiger partial charge in [0, 0.05) is 11.8 Å². The highest BCUT2D eigenvalue weighted by Crippen LogP contribution is 2.16. The average molecular weight is 191 g/mol. The zero-order chi connectivity index (χ0) is 10.6. The SMILES string of the molecule is COC(=O)C=Cc1cccc(N)c1C. The summed E-state index contributed by atoms with van der Waals surface area (Å²) in [6.07, 6.45) is 3.07. The Kier molecular flexibility index (Phi) is 3.29. The molecule has 0 spiro atoms. The summed E-state index contributed by atoms with van der Waals surface area (Å²) in [4.78, 5) is 10.8. The van der Waals surface area contributed by atoms with E-state index in [-0.39, 0.29) is 5.97 Å². The third kappa shape index (κ3) is 2.36. The fourth-order valence-electron chi connectivity index (χ4n) is 1.08. The molecule has 0 radical (unpaired) electrons. The predicted octanol–water partition coefficient (Wildman–Crippen LogP) is 1.76. The molecule has 0 unspecified atom stereocenters. The highest BCUT2D eigenvalue weighted by molar-refractivity contribution is 5.87. The Labute approximate surface area is 83.2 Å². The molecule has 1 aromatic rings. The molecule has 2 N–H and O–H groups in total. The standard InChI is InChI=1S/C11H13NO2/c1-8-9(4-3-5-10(8)12)6-7-11(13)14-2/h3-7H,12H2,1-2H3. The number of hydrogen-bond acceptors (Lipinski definition) is 3. The molecule has 1 rings (SSSR count). The van der Waals surface area contributed by atoms with Crippen molar-refractivity contribution < 1.29 is 9.53 Å². The summed E-state index contributed by atoms with van der Waals surface area (Å²) in [5.41, 5.74) is 8.32. The van der Waals surface area contributed by atoms with E-state index in [0.29, 0.717) is 0 Å². The van der Waals surface area contributed by atoms with Gasteiger partial charge in [-0.25, -0.2) is 4.79 Å². The number of rotatable bonds is 2. The Morgan fingerprint density at radius 1 is 1.50 bits per heavy atom. The van der Waals surface area contributed by atoms with Crippen LogP contribution >= 0.6 is 0 Å². The van der Waals surface area contributed by atoms with Crippen LogP contribution in [-0.4, -0.2) is 13.1 Å². The van der Waals surface area contributed by atoms with E-state index in [1.54, 1.807) is 6.08 Å². The van der Waals surface area contributed by atoms with E-state index in [9.17, 15) is 4.79 Å². The number of carbonyl (C=O) groups is 1. The first-order valence-corrected chi connectivity index (χ1v) is 4.26. The van der Waals surface area contributed by atoms with Crippen LogP contribution in [0.2, 0.25) is 0 Å². The van der Waals surface area contributed by atoms with E-state index in [2.05, 4.69) is 4.74 Å². The second-order valence-electron chi connectivity index (χ2n) is 2.92. The van der Waals surface area contributed by atoms with E-state index in [1.165, 1.54) is 13.2 Å². The number of esters is 1. The molecule has 74 valence electrons. The van der Waals surface area contributed by atoms with Crippen LogP contribution in [0.3, 0.4) is 0 Å². The third-order valence-corrected chi connectivity index (χ3v) is 2.02. The monoisotopic (exact) mass is 191 g/mol. The summed E-state index contributed by atoms with van der Waals surface area (Å²) in [6.45, 7) is 1.91. The number of nitrogen functional groups attached to an aromatic ring is 1. The van der Waals surface area contributed by atoms with Gasteiger partial charge < -0.3 is 10.5 Å². The first kappa shape index (κ1) is 10.3. The van der Waals surface area contributed by atoms with E-state index >= 15 is 0 Å². The predicted molar refractivity (Wildman–Crippen MR) is 56.6 cm³/mol. The van der Waals surface area contributed by atoms with E-state index in [1.807, 2.05) is 25.1 Å². The molecule has 3 heteroatoms. The highest BCUT2D eigenvalue weighted by atomic mass is 16.5. The summed E-state index contributed by atoms with van der Waals surface area (Å²) >= 11 is 0. The largest absolute Gasteiger partial charge is 0.466 e. The second kappa shape index (κ2) is 4.46. The zero-order valence-corrected chi connectivity index (χ0v) is 8.28.